The van der Waals surface area contributed by atoms with Crippen molar-refractivity contribution in [3.05, 3.63) is 102 Å². The molecule has 226 valence electrons. The molecule has 0 fully saturated rings. The molecule has 0 aliphatic carbocycles. The number of ether oxygens (including phenoxy) is 2. The first-order valence-corrected chi connectivity index (χ1v) is 15.0. The summed E-state index contributed by atoms with van der Waals surface area (Å²) in [5, 5.41) is 8.66. The van der Waals surface area contributed by atoms with Gasteiger partial charge in [0.1, 0.15) is 11.6 Å². The maximum Gasteiger partial charge on any atom is 0.230 e. The summed E-state index contributed by atoms with van der Waals surface area (Å²) in [5.74, 6) is -0.903. The van der Waals surface area contributed by atoms with Crippen molar-refractivity contribution in [1.82, 2.24) is 20.6 Å². The highest BCUT2D eigenvalue weighted by Gasteiger charge is 2.15. The van der Waals surface area contributed by atoms with Gasteiger partial charge in [0.2, 0.25) is 5.91 Å². The van der Waals surface area contributed by atoms with Crippen molar-refractivity contribution in [3.63, 3.8) is 0 Å². The van der Waals surface area contributed by atoms with Crippen LogP contribution in [0.15, 0.2) is 79.1 Å². The predicted octanol–water partition coefficient (Wildman–Crippen LogP) is 6.26. The van der Waals surface area contributed by atoms with Crippen molar-refractivity contribution >= 4 is 50.5 Å². The zero-order chi connectivity index (χ0) is 30.9. The zero-order valence-electron chi connectivity index (χ0n) is 23.7. The fraction of sp³-hybridized carbons (Fsp3) is 0.188. The lowest BCUT2D eigenvalue weighted by Crippen LogP contribution is -2.35. The molecule has 0 aliphatic rings. The summed E-state index contributed by atoms with van der Waals surface area (Å²) >= 11 is 6.66. The van der Waals surface area contributed by atoms with Crippen LogP contribution in [-0.4, -0.2) is 47.8 Å². The topological polar surface area (TPSA) is 97.4 Å². The maximum atomic E-state index is 15.1. The Balaban J connectivity index is 1.20. The van der Waals surface area contributed by atoms with Crippen LogP contribution >= 0.6 is 23.6 Å². The molecule has 0 spiro atoms. The van der Waals surface area contributed by atoms with Gasteiger partial charge in [-0.25, -0.2) is 8.78 Å². The number of hydrogen-bond acceptors (Lipinski definition) is 8. The van der Waals surface area contributed by atoms with E-state index in [9.17, 15) is 9.18 Å². The van der Waals surface area contributed by atoms with Gasteiger partial charge in [-0.1, -0.05) is 18.2 Å². The largest absolute Gasteiger partial charge is 0.453 e. The summed E-state index contributed by atoms with van der Waals surface area (Å²) in [6.45, 7) is 2.32. The average Bonchev–Trinajstić information content (AvgIpc) is 3.45. The number of carbonyl (C=O) groups is 1. The third-order valence-corrected chi connectivity index (χ3v) is 7.83. The lowest BCUT2D eigenvalue weighted by molar-refractivity contribution is -0.119. The number of hydrogen-bond donors (Lipinski definition) is 3. The molecular formula is C32H29F2N5O3S2. The van der Waals surface area contributed by atoms with Crippen LogP contribution in [0, 0.1) is 11.6 Å². The van der Waals surface area contributed by atoms with E-state index in [0.29, 0.717) is 23.6 Å². The van der Waals surface area contributed by atoms with Gasteiger partial charge < -0.3 is 25.4 Å². The first kappa shape index (κ1) is 31.1. The summed E-state index contributed by atoms with van der Waals surface area (Å²) < 4.78 is 39.9. The fourth-order valence-corrected chi connectivity index (χ4v) is 5.55. The van der Waals surface area contributed by atoms with Crippen molar-refractivity contribution in [3.8, 4) is 22.1 Å². The molecule has 44 heavy (non-hydrogen) atoms. The number of nitrogens with zero attached hydrogens (tertiary/aromatic N) is 2. The average molecular weight is 634 g/mol. The molecule has 3 aromatic heterocycles. The smallest absolute Gasteiger partial charge is 0.230 e. The third kappa shape index (κ3) is 8.38. The lowest BCUT2D eigenvalue weighted by Gasteiger charge is -2.12. The Hall–Kier alpha value is -4.36. The minimum absolute atomic E-state index is 0.00696. The Morgan fingerprint density at radius 1 is 0.955 bits per heavy atom. The van der Waals surface area contributed by atoms with E-state index in [1.54, 1.807) is 25.4 Å². The molecule has 2 aromatic carbocycles. The van der Waals surface area contributed by atoms with Crippen molar-refractivity contribution in [2.24, 2.45) is 0 Å². The van der Waals surface area contributed by atoms with Crippen LogP contribution in [-0.2, 0) is 22.4 Å². The van der Waals surface area contributed by atoms with Crippen LogP contribution in [0.3, 0.4) is 0 Å². The number of carbonyl (C=O) groups excluding carboxylic acids is 1. The summed E-state index contributed by atoms with van der Waals surface area (Å²) in [6, 6.07) is 17.6. The number of benzene rings is 2. The molecule has 0 saturated heterocycles. The van der Waals surface area contributed by atoms with Gasteiger partial charge in [-0.05, 0) is 72.7 Å². The van der Waals surface area contributed by atoms with Gasteiger partial charge in [0.05, 0.1) is 33.8 Å². The monoisotopic (exact) mass is 633 g/mol. The first-order chi connectivity index (χ1) is 21.4. The van der Waals surface area contributed by atoms with Gasteiger partial charge in [-0.15, -0.1) is 11.3 Å². The first-order valence-electron chi connectivity index (χ1n) is 13.7. The van der Waals surface area contributed by atoms with Crippen molar-refractivity contribution in [2.45, 2.75) is 12.8 Å². The Labute approximate surface area is 262 Å². The van der Waals surface area contributed by atoms with Gasteiger partial charge in [-0.3, -0.25) is 14.8 Å². The second-order valence-electron chi connectivity index (χ2n) is 9.73. The van der Waals surface area contributed by atoms with Crippen molar-refractivity contribution < 1.29 is 23.0 Å². The molecule has 0 saturated carbocycles. The molecule has 3 N–H and O–H groups in total. The van der Waals surface area contributed by atoms with E-state index in [-0.39, 0.29) is 29.0 Å². The molecule has 0 radical (unpaired) electrons. The molecule has 5 aromatic rings. The molecule has 8 nitrogen and oxygen atoms in total. The highest BCUT2D eigenvalue weighted by Crippen LogP contribution is 2.39. The van der Waals surface area contributed by atoms with Crippen LogP contribution in [0.5, 0.6) is 11.5 Å². The Morgan fingerprint density at radius 2 is 1.77 bits per heavy atom. The minimum Gasteiger partial charge on any atom is -0.453 e. The number of halogens is 2. The van der Waals surface area contributed by atoms with E-state index in [2.05, 4.69) is 32.0 Å². The summed E-state index contributed by atoms with van der Waals surface area (Å²) in [4.78, 5) is 22.3. The normalized spacial score (nSPS) is 11.0. The SMILES string of the molecule is COCCNCCc1ccc(-c2cc3nccc(Oc4ccc(NC(=S)NC(=O)Cc5ccc(F)cc5)cc4F)c3s2)nc1. The zero-order valence-corrected chi connectivity index (χ0v) is 25.4. The van der Waals surface area contributed by atoms with Crippen molar-refractivity contribution in [1.29, 1.82) is 0 Å². The number of rotatable bonds is 12. The van der Waals surface area contributed by atoms with Crippen molar-refractivity contribution in [2.75, 3.05) is 32.1 Å². The molecule has 0 unspecified atom stereocenters. The molecule has 1 amide bonds. The second-order valence-corrected chi connectivity index (χ2v) is 11.2. The number of pyridine rings is 2. The summed E-state index contributed by atoms with van der Waals surface area (Å²) in [6.07, 6.45) is 4.36. The lowest BCUT2D eigenvalue weighted by atomic mass is 10.1. The van der Waals surface area contributed by atoms with E-state index in [1.807, 2.05) is 18.3 Å². The Bertz CT molecular complexity index is 1750. The van der Waals surface area contributed by atoms with Crippen LogP contribution < -0.4 is 20.7 Å². The number of methoxy groups -OCH3 is 1. The maximum absolute atomic E-state index is 15.1. The van der Waals surface area contributed by atoms with Gasteiger partial charge in [0.25, 0.3) is 0 Å². The molecule has 0 atom stereocenters. The number of amides is 1. The minimum atomic E-state index is -0.619. The number of fused-ring (bicyclic) bond motifs is 1. The predicted molar refractivity (Wildman–Crippen MR) is 172 cm³/mol. The number of anilines is 1. The Kier molecular flexibility index (Phi) is 10.5. The number of thiocarbonyl (C=S) groups is 1. The van der Waals surface area contributed by atoms with Gasteiger partial charge in [-0.2, -0.15) is 0 Å². The summed E-state index contributed by atoms with van der Waals surface area (Å²) in [5.41, 5.74) is 3.63. The molecular weight excluding hydrogens is 605 g/mol. The van der Waals surface area contributed by atoms with Gasteiger partial charge >= 0.3 is 0 Å². The van der Waals surface area contributed by atoms with E-state index in [0.717, 1.165) is 45.9 Å². The molecule has 0 aliphatic heterocycles. The third-order valence-electron chi connectivity index (χ3n) is 6.47. The summed E-state index contributed by atoms with van der Waals surface area (Å²) in [7, 11) is 1.68. The van der Waals surface area contributed by atoms with E-state index < -0.39 is 5.82 Å². The van der Waals surface area contributed by atoms with Crippen LogP contribution in [0.2, 0.25) is 0 Å². The van der Waals surface area contributed by atoms with Crippen LogP contribution in [0.1, 0.15) is 11.1 Å². The standard InChI is InChI=1S/C32H29F2N5O3S2/c1-41-15-14-35-12-10-21-4-8-25(37-19-21)29-18-26-31(44-29)28(11-13-36-26)42-27-9-7-23(17-24(27)34)38-32(43)39-30(40)16-20-2-5-22(33)6-3-20/h2-9,11,13,17-19,35H,10,12,14-16H2,1H3,(H2,38,39,40,43). The van der Waals surface area contributed by atoms with E-state index >= 15 is 4.39 Å². The molecule has 3 heterocycles. The van der Waals surface area contributed by atoms with Crippen LogP contribution in [0.4, 0.5) is 14.5 Å². The van der Waals surface area contributed by atoms with Gasteiger partial charge in [0.15, 0.2) is 16.7 Å². The van der Waals surface area contributed by atoms with Gasteiger partial charge in [0, 0.05) is 43.9 Å². The fourth-order valence-electron chi connectivity index (χ4n) is 4.27. The second kappa shape index (κ2) is 14.9. The highest BCUT2D eigenvalue weighted by molar-refractivity contribution is 7.80. The van der Waals surface area contributed by atoms with E-state index in [4.69, 9.17) is 21.7 Å². The van der Waals surface area contributed by atoms with E-state index in [1.165, 1.54) is 47.7 Å². The highest BCUT2D eigenvalue weighted by atomic mass is 32.1. The quantitative estimate of drug-likeness (QED) is 0.109. The molecule has 0 bridgehead atoms. The molecule has 12 heteroatoms. The van der Waals surface area contributed by atoms with Crippen LogP contribution in [0.25, 0.3) is 20.8 Å². The number of aromatic nitrogens is 2. The Morgan fingerprint density at radius 3 is 2.52 bits per heavy atom. The molecule has 5 rings (SSSR count). The number of nitrogens with one attached hydrogen (secondary N) is 3. The number of thiophene rings is 1.